The van der Waals surface area contributed by atoms with Gasteiger partial charge in [-0.15, -0.1) is 11.3 Å². The number of rotatable bonds is 3. The Morgan fingerprint density at radius 1 is 1.41 bits per heavy atom. The van der Waals surface area contributed by atoms with Crippen molar-refractivity contribution in [2.24, 2.45) is 5.92 Å². The molecule has 0 bridgehead atoms. The van der Waals surface area contributed by atoms with Crippen LogP contribution in [0.2, 0.25) is 0 Å². The highest BCUT2D eigenvalue weighted by Gasteiger charge is 2.33. The van der Waals surface area contributed by atoms with Crippen LogP contribution in [-0.2, 0) is 34.0 Å². The van der Waals surface area contributed by atoms with Crippen molar-refractivity contribution in [1.29, 1.82) is 0 Å². The van der Waals surface area contributed by atoms with Crippen LogP contribution >= 0.6 is 11.3 Å². The Morgan fingerprint density at radius 2 is 2.19 bits per heavy atom. The van der Waals surface area contributed by atoms with Crippen molar-refractivity contribution in [3.8, 4) is 0 Å². The number of amides is 1. The molecule has 0 spiro atoms. The second-order valence-electron chi connectivity index (χ2n) is 7.77. The number of carbonyl (C=O) groups excluding carboxylic acids is 1. The first-order valence-electron chi connectivity index (χ1n) is 9.21. The fourth-order valence-electron chi connectivity index (χ4n) is 4.02. The van der Waals surface area contributed by atoms with Crippen LogP contribution in [0.1, 0.15) is 30.2 Å². The molecule has 0 aromatic carbocycles. The Bertz CT molecular complexity index is 1070. The van der Waals surface area contributed by atoms with Crippen molar-refractivity contribution in [3.05, 3.63) is 27.1 Å². The van der Waals surface area contributed by atoms with Gasteiger partial charge < -0.3 is 4.90 Å². The second-order valence-corrected chi connectivity index (χ2v) is 11.1. The normalized spacial score (nSPS) is 24.1. The van der Waals surface area contributed by atoms with Gasteiger partial charge >= 0.3 is 0 Å². The van der Waals surface area contributed by atoms with Crippen LogP contribution in [-0.4, -0.2) is 53.4 Å². The minimum atomic E-state index is -3.06. The zero-order chi connectivity index (χ0) is 19.3. The van der Waals surface area contributed by atoms with E-state index in [-0.39, 0.29) is 35.6 Å². The topological polar surface area (TPSA) is 89.3 Å². The van der Waals surface area contributed by atoms with Gasteiger partial charge in [-0.1, -0.05) is 6.92 Å². The molecule has 1 saturated heterocycles. The fourth-order valence-corrected chi connectivity index (χ4v) is 7.14. The standard InChI is InChI=1S/C18H23N3O4S2/c1-11-3-4-13-14(7-11)26-17-16(13)18(23)21(10-19-17)8-15(22)20(2)12-5-6-27(24,25)9-12/h10-12H,3-9H2,1-2H3/t11-,12-/m0/s1. The molecule has 1 fully saturated rings. The van der Waals surface area contributed by atoms with E-state index in [0.29, 0.717) is 17.7 Å². The number of aromatic nitrogens is 2. The van der Waals surface area contributed by atoms with E-state index in [1.807, 2.05) is 0 Å². The van der Waals surface area contributed by atoms with Crippen molar-refractivity contribution in [2.75, 3.05) is 18.6 Å². The quantitative estimate of drug-likeness (QED) is 0.761. The minimum Gasteiger partial charge on any atom is -0.340 e. The number of likely N-dealkylation sites (N-methyl/N-ethyl adjacent to an activating group) is 1. The van der Waals surface area contributed by atoms with E-state index in [0.717, 1.165) is 29.7 Å². The molecule has 9 heteroatoms. The summed E-state index contributed by atoms with van der Waals surface area (Å²) in [5, 5.41) is 0.656. The Kier molecular flexibility index (Phi) is 4.62. The SMILES string of the molecule is C[C@H]1CCc2c(sc3ncn(CC(=O)N(C)[C@H]4CCS(=O)(=O)C4)c(=O)c23)C1. The Labute approximate surface area is 161 Å². The van der Waals surface area contributed by atoms with Crippen molar-refractivity contribution in [1.82, 2.24) is 14.5 Å². The molecule has 2 aromatic heterocycles. The third-order valence-electron chi connectivity index (χ3n) is 5.74. The van der Waals surface area contributed by atoms with Gasteiger partial charge in [-0.05, 0) is 37.2 Å². The van der Waals surface area contributed by atoms with E-state index in [1.54, 1.807) is 18.4 Å². The zero-order valence-electron chi connectivity index (χ0n) is 15.5. The fraction of sp³-hybridized carbons (Fsp3) is 0.611. The van der Waals surface area contributed by atoms with Crippen LogP contribution in [0.15, 0.2) is 11.1 Å². The predicted molar refractivity (Wildman–Crippen MR) is 105 cm³/mol. The summed E-state index contributed by atoms with van der Waals surface area (Å²) in [6.45, 7) is 2.10. The Morgan fingerprint density at radius 3 is 2.89 bits per heavy atom. The average Bonchev–Trinajstić information content (AvgIpc) is 3.16. The first-order valence-corrected chi connectivity index (χ1v) is 11.8. The van der Waals surface area contributed by atoms with Crippen LogP contribution in [0.5, 0.6) is 0 Å². The third-order valence-corrected chi connectivity index (χ3v) is 8.65. The number of aryl methyl sites for hydroxylation is 1. The molecule has 1 amide bonds. The Hall–Kier alpha value is -1.74. The maximum Gasteiger partial charge on any atom is 0.262 e. The molecule has 2 atom stereocenters. The minimum absolute atomic E-state index is 0.00233. The molecule has 7 nitrogen and oxygen atoms in total. The first kappa shape index (κ1) is 18.6. The van der Waals surface area contributed by atoms with E-state index >= 15 is 0 Å². The summed E-state index contributed by atoms with van der Waals surface area (Å²) in [6, 6.07) is -0.315. The van der Waals surface area contributed by atoms with Gasteiger partial charge in [0.2, 0.25) is 5.91 Å². The van der Waals surface area contributed by atoms with E-state index in [4.69, 9.17) is 0 Å². The van der Waals surface area contributed by atoms with Gasteiger partial charge in [-0.25, -0.2) is 13.4 Å². The van der Waals surface area contributed by atoms with Crippen LogP contribution in [0.25, 0.3) is 10.2 Å². The van der Waals surface area contributed by atoms with Crippen LogP contribution < -0.4 is 5.56 Å². The van der Waals surface area contributed by atoms with Crippen molar-refractivity contribution in [2.45, 2.75) is 45.2 Å². The highest BCUT2D eigenvalue weighted by Crippen LogP contribution is 2.35. The second kappa shape index (κ2) is 6.70. The van der Waals surface area contributed by atoms with Gasteiger partial charge in [0.05, 0.1) is 23.2 Å². The van der Waals surface area contributed by atoms with E-state index in [1.165, 1.54) is 20.7 Å². The number of nitrogens with zero attached hydrogens (tertiary/aromatic N) is 3. The largest absolute Gasteiger partial charge is 0.340 e. The first-order chi connectivity index (χ1) is 12.7. The van der Waals surface area contributed by atoms with Gasteiger partial charge in [0.15, 0.2) is 9.84 Å². The summed E-state index contributed by atoms with van der Waals surface area (Å²) in [5.41, 5.74) is 0.926. The molecule has 3 heterocycles. The summed E-state index contributed by atoms with van der Waals surface area (Å²) in [5.74, 6) is 0.462. The highest BCUT2D eigenvalue weighted by atomic mass is 32.2. The number of sulfone groups is 1. The molecule has 0 unspecified atom stereocenters. The molecule has 0 radical (unpaired) electrons. The number of hydrogen-bond donors (Lipinski definition) is 0. The molecular weight excluding hydrogens is 386 g/mol. The molecule has 1 aliphatic heterocycles. The number of fused-ring (bicyclic) bond motifs is 3. The third kappa shape index (κ3) is 3.42. The van der Waals surface area contributed by atoms with Crippen LogP contribution in [0, 0.1) is 5.92 Å². The van der Waals surface area contributed by atoms with Gasteiger partial charge in [-0.2, -0.15) is 0 Å². The molecule has 27 heavy (non-hydrogen) atoms. The number of carbonyl (C=O) groups is 1. The summed E-state index contributed by atoms with van der Waals surface area (Å²) in [4.78, 5) is 33.5. The number of thiophene rings is 1. The lowest BCUT2D eigenvalue weighted by Gasteiger charge is -2.23. The molecular formula is C18H23N3O4S2. The van der Waals surface area contributed by atoms with Gasteiger partial charge in [-0.3, -0.25) is 14.2 Å². The average molecular weight is 410 g/mol. The lowest BCUT2D eigenvalue weighted by atomic mass is 9.89. The van der Waals surface area contributed by atoms with Gasteiger partial charge in [0.25, 0.3) is 5.56 Å². The summed E-state index contributed by atoms with van der Waals surface area (Å²) < 4.78 is 24.7. The smallest absolute Gasteiger partial charge is 0.262 e. The molecule has 4 rings (SSSR count). The lowest BCUT2D eigenvalue weighted by molar-refractivity contribution is -0.132. The molecule has 0 saturated carbocycles. The van der Waals surface area contributed by atoms with E-state index in [9.17, 15) is 18.0 Å². The van der Waals surface area contributed by atoms with Crippen LogP contribution in [0.3, 0.4) is 0 Å². The lowest BCUT2D eigenvalue weighted by Crippen LogP contribution is -2.41. The van der Waals surface area contributed by atoms with Crippen molar-refractivity contribution < 1.29 is 13.2 Å². The molecule has 146 valence electrons. The van der Waals surface area contributed by atoms with Gasteiger partial charge in [0, 0.05) is 18.0 Å². The molecule has 0 N–H and O–H groups in total. The molecule has 1 aliphatic carbocycles. The Balaban J connectivity index is 1.60. The summed E-state index contributed by atoms with van der Waals surface area (Å²) >= 11 is 1.59. The zero-order valence-corrected chi connectivity index (χ0v) is 17.1. The monoisotopic (exact) mass is 409 g/mol. The summed E-state index contributed by atoms with van der Waals surface area (Å²) in [7, 11) is -1.45. The molecule has 2 aromatic rings. The highest BCUT2D eigenvalue weighted by molar-refractivity contribution is 7.91. The van der Waals surface area contributed by atoms with E-state index < -0.39 is 9.84 Å². The van der Waals surface area contributed by atoms with Gasteiger partial charge in [0.1, 0.15) is 11.4 Å². The van der Waals surface area contributed by atoms with E-state index in [2.05, 4.69) is 11.9 Å². The maximum atomic E-state index is 13.0. The number of hydrogen-bond acceptors (Lipinski definition) is 6. The molecule has 2 aliphatic rings. The van der Waals surface area contributed by atoms with Crippen molar-refractivity contribution in [3.63, 3.8) is 0 Å². The van der Waals surface area contributed by atoms with Crippen LogP contribution in [0.4, 0.5) is 0 Å². The summed E-state index contributed by atoms with van der Waals surface area (Å²) in [6.07, 6.45) is 4.81. The maximum absolute atomic E-state index is 13.0. The predicted octanol–water partition coefficient (Wildman–Crippen LogP) is 1.23. The van der Waals surface area contributed by atoms with Crippen molar-refractivity contribution >= 4 is 37.3 Å².